The van der Waals surface area contributed by atoms with Crippen molar-refractivity contribution >= 4 is 88.4 Å². The molecule has 0 spiro atoms. The Labute approximate surface area is 365 Å². The first kappa shape index (κ1) is 36.5. The standard InChI is InChI=1S/C60H40N2O/c1-3-17-42(18-4-1)51-24-9-10-25-52(51)53-26-11-13-28-58(53)62(50-35-33-43-30-31-45-37-60-57(40-56(45)55(43)39-50)54-27-12-14-29-59(54)63-60)48-23-15-22-47(38-48)61(46-20-5-2-6-21-46)49-34-32-41-16-7-8-19-44(41)36-49/h1-40H. The van der Waals surface area contributed by atoms with Crippen LogP contribution in [0.4, 0.5) is 34.1 Å². The number of hydrogen-bond acceptors (Lipinski definition) is 3. The molecule has 0 aliphatic carbocycles. The van der Waals surface area contributed by atoms with Crippen LogP contribution >= 0.6 is 0 Å². The molecule has 296 valence electrons. The smallest absolute Gasteiger partial charge is 0.136 e. The Hall–Kier alpha value is -8.40. The number of nitrogens with zero attached hydrogens (tertiary/aromatic N) is 2. The molecule has 0 radical (unpaired) electrons. The minimum atomic E-state index is 0.901. The van der Waals surface area contributed by atoms with Crippen LogP contribution in [0.5, 0.6) is 0 Å². The highest BCUT2D eigenvalue weighted by Crippen LogP contribution is 2.47. The maximum absolute atomic E-state index is 6.35. The molecule has 0 aliphatic heterocycles. The Kier molecular flexibility index (Phi) is 8.83. The van der Waals surface area contributed by atoms with Gasteiger partial charge in [-0.3, -0.25) is 0 Å². The second-order valence-electron chi connectivity index (χ2n) is 16.1. The first-order valence-corrected chi connectivity index (χ1v) is 21.5. The van der Waals surface area contributed by atoms with Gasteiger partial charge in [-0.05, 0) is 128 Å². The van der Waals surface area contributed by atoms with Crippen molar-refractivity contribution in [3.05, 3.63) is 243 Å². The third kappa shape index (κ3) is 6.46. The Bertz CT molecular complexity index is 3650. The van der Waals surface area contributed by atoms with Crippen LogP contribution in [-0.4, -0.2) is 0 Å². The summed E-state index contributed by atoms with van der Waals surface area (Å²) in [4.78, 5) is 4.80. The van der Waals surface area contributed by atoms with E-state index in [1.165, 1.54) is 43.6 Å². The molecule has 0 aliphatic rings. The maximum Gasteiger partial charge on any atom is 0.136 e. The molecule has 0 atom stereocenters. The Balaban J connectivity index is 1.10. The molecule has 3 heteroatoms. The second-order valence-corrected chi connectivity index (χ2v) is 16.1. The van der Waals surface area contributed by atoms with Gasteiger partial charge in [0.1, 0.15) is 11.2 Å². The van der Waals surface area contributed by atoms with E-state index in [0.717, 1.165) is 67.0 Å². The number of hydrogen-bond donors (Lipinski definition) is 0. The summed E-state index contributed by atoms with van der Waals surface area (Å²) in [6, 6.07) is 87.4. The number of fused-ring (bicyclic) bond motifs is 7. The van der Waals surface area contributed by atoms with Crippen LogP contribution in [0.1, 0.15) is 0 Å². The van der Waals surface area contributed by atoms with E-state index in [0.29, 0.717) is 0 Å². The minimum absolute atomic E-state index is 0.901. The van der Waals surface area contributed by atoms with Crippen LogP contribution in [0.3, 0.4) is 0 Å². The van der Waals surface area contributed by atoms with E-state index in [4.69, 9.17) is 4.42 Å². The molecule has 1 aromatic heterocycles. The largest absolute Gasteiger partial charge is 0.456 e. The van der Waals surface area contributed by atoms with Gasteiger partial charge in [0.25, 0.3) is 0 Å². The fraction of sp³-hybridized carbons (Fsp3) is 0. The molecule has 63 heavy (non-hydrogen) atoms. The van der Waals surface area contributed by atoms with Gasteiger partial charge >= 0.3 is 0 Å². The summed E-state index contributed by atoms with van der Waals surface area (Å²) in [5, 5.41) is 9.36. The van der Waals surface area contributed by atoms with Gasteiger partial charge in [0.05, 0.1) is 5.69 Å². The van der Waals surface area contributed by atoms with Gasteiger partial charge in [0.2, 0.25) is 0 Å². The lowest BCUT2D eigenvalue weighted by atomic mass is 9.93. The SMILES string of the molecule is c1ccc(-c2ccccc2-c2ccccc2N(c2cccc(N(c3ccccc3)c3ccc4ccccc4c3)c2)c2ccc3ccc4cc5oc6ccccc6c5cc4c3c2)cc1. The highest BCUT2D eigenvalue weighted by atomic mass is 16.3. The predicted molar refractivity (Wildman–Crippen MR) is 266 cm³/mol. The fourth-order valence-corrected chi connectivity index (χ4v) is 9.42. The molecule has 0 saturated carbocycles. The molecule has 0 N–H and O–H groups in total. The van der Waals surface area contributed by atoms with Crippen molar-refractivity contribution < 1.29 is 4.42 Å². The maximum atomic E-state index is 6.35. The van der Waals surface area contributed by atoms with E-state index in [1.54, 1.807) is 0 Å². The van der Waals surface area contributed by atoms with Gasteiger partial charge in [0, 0.05) is 44.8 Å². The van der Waals surface area contributed by atoms with E-state index in [1.807, 2.05) is 6.07 Å². The summed E-state index contributed by atoms with van der Waals surface area (Å²) in [6.07, 6.45) is 0. The number of para-hydroxylation sites is 3. The minimum Gasteiger partial charge on any atom is -0.456 e. The number of furan rings is 1. The lowest BCUT2D eigenvalue weighted by Crippen LogP contribution is -2.14. The molecule has 0 amide bonds. The van der Waals surface area contributed by atoms with Crippen molar-refractivity contribution in [2.75, 3.05) is 9.80 Å². The monoisotopic (exact) mass is 804 g/mol. The molecule has 12 aromatic rings. The molecule has 0 bridgehead atoms. The van der Waals surface area contributed by atoms with Crippen molar-refractivity contribution in [1.29, 1.82) is 0 Å². The summed E-state index contributed by atoms with van der Waals surface area (Å²) in [6.45, 7) is 0. The summed E-state index contributed by atoms with van der Waals surface area (Å²) in [7, 11) is 0. The van der Waals surface area contributed by atoms with Gasteiger partial charge in [-0.1, -0.05) is 164 Å². The van der Waals surface area contributed by atoms with Crippen molar-refractivity contribution in [3.63, 3.8) is 0 Å². The van der Waals surface area contributed by atoms with Crippen LogP contribution in [0.2, 0.25) is 0 Å². The van der Waals surface area contributed by atoms with Crippen molar-refractivity contribution in [1.82, 2.24) is 0 Å². The second kappa shape index (κ2) is 15.3. The predicted octanol–water partition coefficient (Wildman–Crippen LogP) is 17.3. The molecular weight excluding hydrogens is 765 g/mol. The molecule has 3 nitrogen and oxygen atoms in total. The fourth-order valence-electron chi connectivity index (χ4n) is 9.42. The number of anilines is 6. The highest BCUT2D eigenvalue weighted by Gasteiger charge is 2.22. The zero-order valence-corrected chi connectivity index (χ0v) is 34.4. The van der Waals surface area contributed by atoms with E-state index in [9.17, 15) is 0 Å². The first-order valence-electron chi connectivity index (χ1n) is 21.5. The summed E-state index contributed by atoms with van der Waals surface area (Å²) in [5.41, 5.74) is 12.9. The van der Waals surface area contributed by atoms with Crippen LogP contribution in [0, 0.1) is 0 Å². The topological polar surface area (TPSA) is 19.6 Å². The molecular formula is C60H40N2O. The van der Waals surface area contributed by atoms with Gasteiger partial charge in [-0.2, -0.15) is 0 Å². The van der Waals surface area contributed by atoms with Crippen molar-refractivity contribution in [2.24, 2.45) is 0 Å². The summed E-state index contributed by atoms with van der Waals surface area (Å²) < 4.78 is 6.35. The van der Waals surface area contributed by atoms with Gasteiger partial charge in [-0.25, -0.2) is 0 Å². The molecule has 1 heterocycles. The van der Waals surface area contributed by atoms with E-state index < -0.39 is 0 Å². The number of rotatable bonds is 8. The average molecular weight is 805 g/mol. The van der Waals surface area contributed by atoms with Gasteiger partial charge in [-0.15, -0.1) is 0 Å². The van der Waals surface area contributed by atoms with Gasteiger partial charge in [0.15, 0.2) is 0 Å². The summed E-state index contributed by atoms with van der Waals surface area (Å²) in [5.74, 6) is 0. The van der Waals surface area contributed by atoms with Crippen LogP contribution < -0.4 is 9.80 Å². The van der Waals surface area contributed by atoms with Crippen LogP contribution in [0.25, 0.3) is 76.5 Å². The first-order chi connectivity index (χ1) is 31.2. The number of benzene rings is 11. The molecule has 12 rings (SSSR count). The lowest BCUT2D eigenvalue weighted by molar-refractivity contribution is 0.669. The zero-order valence-electron chi connectivity index (χ0n) is 34.4. The third-order valence-corrected chi connectivity index (χ3v) is 12.4. The highest BCUT2D eigenvalue weighted by molar-refractivity contribution is 6.17. The summed E-state index contributed by atoms with van der Waals surface area (Å²) >= 11 is 0. The van der Waals surface area contributed by atoms with E-state index >= 15 is 0 Å². The molecule has 11 aromatic carbocycles. The van der Waals surface area contributed by atoms with E-state index in [2.05, 4.69) is 246 Å². The molecule has 0 saturated heterocycles. The lowest BCUT2D eigenvalue weighted by Gasteiger charge is -2.31. The van der Waals surface area contributed by atoms with Crippen LogP contribution in [0.15, 0.2) is 247 Å². The van der Waals surface area contributed by atoms with Gasteiger partial charge < -0.3 is 14.2 Å². The Morgan fingerprint density at radius 3 is 1.67 bits per heavy atom. The van der Waals surface area contributed by atoms with Crippen LogP contribution in [-0.2, 0) is 0 Å². The molecule has 0 unspecified atom stereocenters. The normalized spacial score (nSPS) is 11.5. The zero-order chi connectivity index (χ0) is 41.7. The Morgan fingerprint density at radius 1 is 0.254 bits per heavy atom. The van der Waals surface area contributed by atoms with E-state index in [-0.39, 0.29) is 0 Å². The van der Waals surface area contributed by atoms with Crippen molar-refractivity contribution in [3.8, 4) is 22.3 Å². The third-order valence-electron chi connectivity index (χ3n) is 12.4. The molecule has 0 fully saturated rings. The quantitative estimate of drug-likeness (QED) is 0.143. The Morgan fingerprint density at radius 2 is 0.825 bits per heavy atom. The average Bonchev–Trinajstić information content (AvgIpc) is 3.72. The van der Waals surface area contributed by atoms with Crippen molar-refractivity contribution in [2.45, 2.75) is 0 Å².